The summed E-state index contributed by atoms with van der Waals surface area (Å²) in [7, 11) is 0. The van der Waals surface area contributed by atoms with Gasteiger partial charge in [0, 0.05) is 24.2 Å². The molecule has 31 heavy (non-hydrogen) atoms. The fraction of sp³-hybridized carbons (Fsp3) is 0.200. The molecule has 156 valence electrons. The van der Waals surface area contributed by atoms with Gasteiger partial charge in [0.1, 0.15) is 0 Å². The third kappa shape index (κ3) is 4.10. The van der Waals surface area contributed by atoms with Gasteiger partial charge in [-0.25, -0.2) is 4.79 Å². The van der Waals surface area contributed by atoms with Crippen molar-refractivity contribution in [1.29, 1.82) is 0 Å². The van der Waals surface area contributed by atoms with E-state index in [9.17, 15) is 4.79 Å². The molecule has 0 bridgehead atoms. The number of benzene rings is 3. The van der Waals surface area contributed by atoms with E-state index in [0.29, 0.717) is 0 Å². The van der Waals surface area contributed by atoms with Crippen LogP contribution in [0.5, 0.6) is 0 Å². The van der Waals surface area contributed by atoms with Crippen molar-refractivity contribution in [2.24, 2.45) is 0 Å². The lowest BCUT2D eigenvalue weighted by atomic mass is 10.0. The van der Waals surface area contributed by atoms with Crippen molar-refractivity contribution in [3.8, 4) is 0 Å². The highest BCUT2D eigenvalue weighted by Gasteiger charge is 2.24. The molecule has 1 aliphatic rings. The van der Waals surface area contributed by atoms with Gasteiger partial charge in [0.05, 0.1) is 23.4 Å². The molecule has 3 aromatic carbocycles. The molecule has 6 heteroatoms. The normalized spacial score (nSPS) is 15.9. The molecule has 3 N–H and O–H groups in total. The van der Waals surface area contributed by atoms with E-state index >= 15 is 0 Å². The van der Waals surface area contributed by atoms with E-state index < -0.39 is 0 Å². The SMILES string of the molecule is O=C(Nc1cccc2[nH]ncc12)NC1CCCN(Cc2ccccc2)c2ccccc21. The zero-order valence-electron chi connectivity index (χ0n) is 17.2. The number of H-pyrrole nitrogens is 1. The number of aromatic nitrogens is 2. The Labute approximate surface area is 181 Å². The van der Waals surface area contributed by atoms with Gasteiger partial charge in [0.15, 0.2) is 0 Å². The topological polar surface area (TPSA) is 73.0 Å². The number of carbonyl (C=O) groups is 1. The summed E-state index contributed by atoms with van der Waals surface area (Å²) in [6.45, 7) is 1.82. The Balaban J connectivity index is 1.35. The van der Waals surface area contributed by atoms with Gasteiger partial charge < -0.3 is 15.5 Å². The van der Waals surface area contributed by atoms with E-state index in [-0.39, 0.29) is 12.1 Å². The number of anilines is 2. The quantitative estimate of drug-likeness (QED) is 0.431. The summed E-state index contributed by atoms with van der Waals surface area (Å²) in [4.78, 5) is 15.3. The summed E-state index contributed by atoms with van der Waals surface area (Å²) in [6, 6.07) is 24.4. The molecule has 4 aromatic rings. The van der Waals surface area contributed by atoms with Crippen molar-refractivity contribution in [2.75, 3.05) is 16.8 Å². The van der Waals surface area contributed by atoms with Crippen LogP contribution in [0.15, 0.2) is 79.0 Å². The fourth-order valence-electron chi connectivity index (χ4n) is 4.34. The number of carbonyl (C=O) groups excluding carboxylic acids is 1. The molecule has 5 rings (SSSR count). The molecule has 6 nitrogen and oxygen atoms in total. The Morgan fingerprint density at radius 2 is 1.87 bits per heavy atom. The number of nitrogens with zero attached hydrogens (tertiary/aromatic N) is 2. The maximum absolute atomic E-state index is 12.9. The van der Waals surface area contributed by atoms with Gasteiger partial charge in [0.2, 0.25) is 0 Å². The Kier molecular flexibility index (Phi) is 5.27. The highest BCUT2D eigenvalue weighted by atomic mass is 16.2. The Morgan fingerprint density at radius 1 is 1.03 bits per heavy atom. The highest BCUT2D eigenvalue weighted by molar-refractivity contribution is 6.00. The third-order valence-electron chi connectivity index (χ3n) is 5.83. The lowest BCUT2D eigenvalue weighted by Crippen LogP contribution is -2.32. The number of hydrogen-bond acceptors (Lipinski definition) is 3. The molecule has 1 aliphatic heterocycles. The first-order chi connectivity index (χ1) is 15.3. The summed E-state index contributed by atoms with van der Waals surface area (Å²) < 4.78 is 0. The second-order valence-electron chi connectivity index (χ2n) is 7.90. The second-order valence-corrected chi connectivity index (χ2v) is 7.90. The zero-order chi connectivity index (χ0) is 21.0. The van der Waals surface area contributed by atoms with Crippen molar-refractivity contribution in [1.82, 2.24) is 15.5 Å². The van der Waals surface area contributed by atoms with E-state index in [0.717, 1.165) is 48.1 Å². The van der Waals surface area contributed by atoms with Gasteiger partial charge in [-0.1, -0.05) is 54.6 Å². The number of rotatable bonds is 4. The minimum atomic E-state index is -0.204. The largest absolute Gasteiger partial charge is 0.367 e. The van der Waals surface area contributed by atoms with Crippen LogP contribution >= 0.6 is 0 Å². The summed E-state index contributed by atoms with van der Waals surface area (Å²) in [5, 5.41) is 14.1. The van der Waals surface area contributed by atoms with E-state index in [2.05, 4.69) is 68.2 Å². The second kappa shape index (κ2) is 8.52. The molecule has 0 fully saturated rings. The molecule has 0 spiro atoms. The van der Waals surface area contributed by atoms with Crippen LogP contribution in [0.4, 0.5) is 16.2 Å². The van der Waals surface area contributed by atoms with Crippen LogP contribution in [0.3, 0.4) is 0 Å². The number of amides is 2. The maximum atomic E-state index is 12.9. The number of hydrogen-bond donors (Lipinski definition) is 3. The van der Waals surface area contributed by atoms with Crippen LogP contribution in [0, 0.1) is 0 Å². The molecule has 0 radical (unpaired) electrons. The van der Waals surface area contributed by atoms with Crippen LogP contribution in [-0.4, -0.2) is 22.8 Å². The first-order valence-corrected chi connectivity index (χ1v) is 10.7. The fourth-order valence-corrected chi connectivity index (χ4v) is 4.34. The van der Waals surface area contributed by atoms with Crippen LogP contribution < -0.4 is 15.5 Å². The van der Waals surface area contributed by atoms with Crippen LogP contribution in [0.25, 0.3) is 10.9 Å². The summed E-state index contributed by atoms with van der Waals surface area (Å²) >= 11 is 0. The van der Waals surface area contributed by atoms with Gasteiger partial charge >= 0.3 is 6.03 Å². The lowest BCUT2D eigenvalue weighted by molar-refractivity contribution is 0.248. The summed E-state index contributed by atoms with van der Waals surface area (Å²) in [5.41, 5.74) is 5.28. The number of fused-ring (bicyclic) bond motifs is 2. The average molecular weight is 412 g/mol. The predicted molar refractivity (Wildman–Crippen MR) is 124 cm³/mol. The van der Waals surface area contributed by atoms with Gasteiger partial charge in [-0.15, -0.1) is 0 Å². The summed E-state index contributed by atoms with van der Waals surface area (Å²) in [6.07, 6.45) is 3.63. The smallest absolute Gasteiger partial charge is 0.319 e. The van der Waals surface area contributed by atoms with Crippen molar-refractivity contribution >= 4 is 28.3 Å². The minimum absolute atomic E-state index is 0.0412. The number of para-hydroxylation sites is 1. The van der Waals surface area contributed by atoms with Gasteiger partial charge in [0.25, 0.3) is 0 Å². The van der Waals surface area contributed by atoms with Crippen molar-refractivity contribution < 1.29 is 4.79 Å². The molecular weight excluding hydrogens is 386 g/mol. The predicted octanol–water partition coefficient (Wildman–Crippen LogP) is 5.23. The third-order valence-corrected chi connectivity index (χ3v) is 5.83. The zero-order valence-corrected chi connectivity index (χ0v) is 17.2. The maximum Gasteiger partial charge on any atom is 0.319 e. The molecular formula is C25H25N5O. The molecule has 2 amide bonds. The van der Waals surface area contributed by atoms with Gasteiger partial charge in [-0.2, -0.15) is 5.10 Å². The van der Waals surface area contributed by atoms with Crippen molar-refractivity contribution in [3.05, 3.63) is 90.1 Å². The first-order valence-electron chi connectivity index (χ1n) is 10.7. The molecule has 0 saturated heterocycles. The number of nitrogens with one attached hydrogen (secondary N) is 3. The highest BCUT2D eigenvalue weighted by Crippen LogP contribution is 2.34. The molecule has 1 unspecified atom stereocenters. The number of aromatic amines is 1. The molecule has 1 aromatic heterocycles. The lowest BCUT2D eigenvalue weighted by Gasteiger charge is -2.26. The van der Waals surface area contributed by atoms with Crippen LogP contribution in [0.1, 0.15) is 30.0 Å². The Hall–Kier alpha value is -3.80. The van der Waals surface area contributed by atoms with E-state index in [1.165, 1.54) is 11.3 Å². The monoisotopic (exact) mass is 411 g/mol. The number of urea groups is 1. The van der Waals surface area contributed by atoms with Crippen LogP contribution in [-0.2, 0) is 6.54 Å². The van der Waals surface area contributed by atoms with Crippen molar-refractivity contribution in [2.45, 2.75) is 25.4 Å². The van der Waals surface area contributed by atoms with E-state index in [1.54, 1.807) is 6.20 Å². The summed E-state index contributed by atoms with van der Waals surface area (Å²) in [5.74, 6) is 0. The molecule has 1 atom stereocenters. The minimum Gasteiger partial charge on any atom is -0.367 e. The first kappa shape index (κ1) is 19.2. The van der Waals surface area contributed by atoms with Gasteiger partial charge in [-0.05, 0) is 42.2 Å². The Bertz CT molecular complexity index is 1190. The van der Waals surface area contributed by atoms with Gasteiger partial charge in [-0.3, -0.25) is 5.10 Å². The standard InChI is InChI=1S/C25H25N5O/c31-25(28-22-11-6-12-23-20(22)16-26-29-23)27-21-13-7-15-30(17-18-8-2-1-3-9-18)24-14-5-4-10-19(21)24/h1-6,8-12,14,16,21H,7,13,15,17H2,(H,26,29)(H2,27,28,31). The van der Waals surface area contributed by atoms with E-state index in [1.807, 2.05) is 30.3 Å². The average Bonchev–Trinajstić information content (AvgIpc) is 3.22. The molecule has 0 aliphatic carbocycles. The molecule has 2 heterocycles. The Morgan fingerprint density at radius 3 is 2.77 bits per heavy atom. The molecule has 0 saturated carbocycles. The van der Waals surface area contributed by atoms with Crippen LogP contribution in [0.2, 0.25) is 0 Å². The van der Waals surface area contributed by atoms with Crippen molar-refractivity contribution in [3.63, 3.8) is 0 Å². The van der Waals surface area contributed by atoms with E-state index in [4.69, 9.17) is 0 Å².